The Balaban J connectivity index is 1.88. The van der Waals surface area contributed by atoms with E-state index in [9.17, 15) is 9.35 Å². The zero-order valence-corrected chi connectivity index (χ0v) is 14.6. The van der Waals surface area contributed by atoms with E-state index in [-0.39, 0.29) is 6.04 Å². The first kappa shape index (κ1) is 16.9. The highest BCUT2D eigenvalue weighted by Crippen LogP contribution is 2.33. The Morgan fingerprint density at radius 3 is 2.88 bits per heavy atom. The Hall–Kier alpha value is -1.99. The maximum atomic E-state index is 11.7. The summed E-state index contributed by atoms with van der Waals surface area (Å²) in [5, 5.41) is 10.1. The topological polar surface area (TPSA) is 90.2 Å². The van der Waals surface area contributed by atoms with Gasteiger partial charge in [-0.3, -0.25) is 4.79 Å². The van der Waals surface area contributed by atoms with E-state index in [1.54, 1.807) is 0 Å². The third kappa shape index (κ3) is 3.57. The van der Waals surface area contributed by atoms with Gasteiger partial charge in [0.2, 0.25) is 6.41 Å². The molecule has 1 amide bonds. The molecule has 0 radical (unpaired) electrons. The zero-order chi connectivity index (χ0) is 17.1. The minimum absolute atomic E-state index is 0.164. The largest absolute Gasteiger partial charge is 0.616 e. The molecule has 1 aliphatic heterocycles. The molecule has 2 heterocycles. The number of rotatable bonds is 5. The number of aryl methyl sites for hydroxylation is 2. The van der Waals surface area contributed by atoms with Gasteiger partial charge in [0.05, 0.1) is 23.1 Å². The molecule has 0 saturated carbocycles. The third-order valence-corrected chi connectivity index (χ3v) is 5.75. The van der Waals surface area contributed by atoms with Crippen molar-refractivity contribution in [3.63, 3.8) is 0 Å². The second kappa shape index (κ2) is 7.27. The highest BCUT2D eigenvalue weighted by molar-refractivity contribution is 7.91. The summed E-state index contributed by atoms with van der Waals surface area (Å²) in [5.74, 6) is 2.17. The summed E-state index contributed by atoms with van der Waals surface area (Å²) >= 11 is -0.762. The summed E-state index contributed by atoms with van der Waals surface area (Å²) in [7, 11) is 0. The fourth-order valence-electron chi connectivity index (χ4n) is 3.12. The van der Waals surface area contributed by atoms with Crippen LogP contribution in [0.2, 0.25) is 0 Å². The number of amides is 1. The minimum Gasteiger partial charge on any atom is -0.616 e. The van der Waals surface area contributed by atoms with Crippen LogP contribution < -0.4 is 10.6 Å². The van der Waals surface area contributed by atoms with Crippen LogP contribution in [0.25, 0.3) is 11.1 Å². The van der Waals surface area contributed by atoms with Crippen molar-refractivity contribution in [2.24, 2.45) is 0 Å². The first-order valence-corrected chi connectivity index (χ1v) is 9.46. The van der Waals surface area contributed by atoms with Crippen molar-refractivity contribution >= 4 is 29.0 Å². The molecule has 2 N–H and O–H groups in total. The molecule has 2 aromatic rings. The molecule has 0 aliphatic carbocycles. The second-order valence-corrected chi connectivity index (χ2v) is 7.64. The SMILES string of the molecule is Cc1noc(C)c1-c1ccc(NC2CCC[S+]([O-])C2)c(NC=O)c1. The lowest BCUT2D eigenvalue weighted by molar-refractivity contribution is -0.105. The predicted octanol–water partition coefficient (Wildman–Crippen LogP) is 2.85. The standard InChI is InChI=1S/C17H21N3O3S/c1-11-17(12(2)23-20-11)13-5-6-15(16(8-13)18-10-21)19-14-4-3-7-24(22)9-14/h5-6,8,10,14,19H,3-4,7,9H2,1-2H3,(H,18,21). The van der Waals surface area contributed by atoms with Gasteiger partial charge in [0.15, 0.2) is 0 Å². The lowest BCUT2D eigenvalue weighted by atomic mass is 10.0. The van der Waals surface area contributed by atoms with Crippen LogP contribution in [0.15, 0.2) is 22.7 Å². The molecule has 0 bridgehead atoms. The zero-order valence-electron chi connectivity index (χ0n) is 13.8. The van der Waals surface area contributed by atoms with Gasteiger partial charge >= 0.3 is 0 Å². The molecule has 1 fully saturated rings. The van der Waals surface area contributed by atoms with E-state index in [1.807, 2.05) is 32.0 Å². The first-order valence-electron chi connectivity index (χ1n) is 7.97. The summed E-state index contributed by atoms with van der Waals surface area (Å²) < 4.78 is 17.0. The highest BCUT2D eigenvalue weighted by atomic mass is 32.2. The third-order valence-electron chi connectivity index (χ3n) is 4.23. The average Bonchev–Trinajstić information content (AvgIpc) is 2.88. The fraction of sp³-hybridized carbons (Fsp3) is 0.412. The molecule has 24 heavy (non-hydrogen) atoms. The van der Waals surface area contributed by atoms with Crippen LogP contribution >= 0.6 is 0 Å². The van der Waals surface area contributed by atoms with Gasteiger partial charge in [0.1, 0.15) is 17.3 Å². The van der Waals surface area contributed by atoms with Gasteiger partial charge in [-0.1, -0.05) is 22.4 Å². The van der Waals surface area contributed by atoms with E-state index in [1.165, 1.54) is 0 Å². The van der Waals surface area contributed by atoms with Gasteiger partial charge in [-0.05, 0) is 44.4 Å². The van der Waals surface area contributed by atoms with E-state index < -0.39 is 11.2 Å². The summed E-state index contributed by atoms with van der Waals surface area (Å²) in [5.41, 5.74) is 4.22. The van der Waals surface area contributed by atoms with E-state index in [2.05, 4.69) is 15.8 Å². The van der Waals surface area contributed by atoms with E-state index >= 15 is 0 Å². The van der Waals surface area contributed by atoms with Gasteiger partial charge in [0.25, 0.3) is 0 Å². The highest BCUT2D eigenvalue weighted by Gasteiger charge is 2.23. The lowest BCUT2D eigenvalue weighted by Gasteiger charge is -2.27. The van der Waals surface area contributed by atoms with Crippen LogP contribution in [0.1, 0.15) is 24.3 Å². The summed E-state index contributed by atoms with van der Waals surface area (Å²) in [6.45, 7) is 3.76. The molecule has 3 rings (SSSR count). The van der Waals surface area contributed by atoms with Crippen LogP contribution in [0.3, 0.4) is 0 Å². The van der Waals surface area contributed by atoms with Crippen molar-refractivity contribution in [3.8, 4) is 11.1 Å². The Bertz CT molecular complexity index is 712. The van der Waals surface area contributed by atoms with Gasteiger partial charge in [-0.25, -0.2) is 0 Å². The van der Waals surface area contributed by atoms with E-state index in [0.29, 0.717) is 17.9 Å². The number of aromatic nitrogens is 1. The van der Waals surface area contributed by atoms with Gasteiger partial charge in [-0.15, -0.1) is 0 Å². The summed E-state index contributed by atoms with van der Waals surface area (Å²) in [6.07, 6.45) is 2.60. The smallest absolute Gasteiger partial charge is 0.211 e. The van der Waals surface area contributed by atoms with Crippen molar-refractivity contribution in [2.75, 3.05) is 22.1 Å². The van der Waals surface area contributed by atoms with Crippen LogP contribution in [0, 0.1) is 13.8 Å². The van der Waals surface area contributed by atoms with E-state index in [0.717, 1.165) is 46.9 Å². The van der Waals surface area contributed by atoms with Crippen molar-refractivity contribution in [2.45, 2.75) is 32.7 Å². The molecule has 128 valence electrons. The van der Waals surface area contributed by atoms with Crippen LogP contribution in [0.5, 0.6) is 0 Å². The Kier molecular flexibility index (Phi) is 5.11. The summed E-state index contributed by atoms with van der Waals surface area (Å²) in [4.78, 5) is 11.0. The van der Waals surface area contributed by atoms with Gasteiger partial charge in [-0.2, -0.15) is 0 Å². The Morgan fingerprint density at radius 1 is 1.38 bits per heavy atom. The normalized spacial score (nSPS) is 20.6. The molecule has 1 aromatic carbocycles. The maximum Gasteiger partial charge on any atom is 0.211 e. The number of carbonyl (C=O) groups is 1. The number of hydrogen-bond donors (Lipinski definition) is 2. The summed E-state index contributed by atoms with van der Waals surface area (Å²) in [6, 6.07) is 5.98. The number of carbonyl (C=O) groups excluding carboxylic acids is 1. The fourth-order valence-corrected chi connectivity index (χ4v) is 4.47. The molecule has 2 unspecified atom stereocenters. The molecule has 2 atom stereocenters. The second-order valence-electron chi connectivity index (χ2n) is 6.02. The quantitative estimate of drug-likeness (QED) is 0.641. The number of hydrogen-bond acceptors (Lipinski definition) is 5. The van der Waals surface area contributed by atoms with Crippen molar-refractivity contribution < 1.29 is 13.9 Å². The van der Waals surface area contributed by atoms with Crippen molar-refractivity contribution in [3.05, 3.63) is 29.7 Å². The molecule has 7 heteroatoms. The number of anilines is 2. The van der Waals surface area contributed by atoms with Crippen molar-refractivity contribution in [1.82, 2.24) is 5.16 Å². The molecule has 1 saturated heterocycles. The van der Waals surface area contributed by atoms with Crippen LogP contribution in [-0.2, 0) is 16.0 Å². The maximum absolute atomic E-state index is 11.7. The van der Waals surface area contributed by atoms with Crippen LogP contribution in [0.4, 0.5) is 11.4 Å². The van der Waals surface area contributed by atoms with E-state index in [4.69, 9.17) is 4.52 Å². The number of nitrogens with one attached hydrogen (secondary N) is 2. The predicted molar refractivity (Wildman–Crippen MR) is 95.6 cm³/mol. The molecule has 0 spiro atoms. The molecular formula is C17H21N3O3S. The van der Waals surface area contributed by atoms with Crippen LogP contribution in [-0.4, -0.2) is 33.7 Å². The van der Waals surface area contributed by atoms with Crippen molar-refractivity contribution in [1.29, 1.82) is 0 Å². The first-order chi connectivity index (χ1) is 11.6. The van der Waals surface area contributed by atoms with Gasteiger partial charge < -0.3 is 19.7 Å². The van der Waals surface area contributed by atoms with Gasteiger partial charge in [0, 0.05) is 5.56 Å². The monoisotopic (exact) mass is 347 g/mol. The molecule has 6 nitrogen and oxygen atoms in total. The minimum atomic E-state index is -0.762. The molecular weight excluding hydrogens is 326 g/mol. The Morgan fingerprint density at radius 2 is 2.21 bits per heavy atom. The molecule has 1 aromatic heterocycles. The number of nitrogens with zero attached hydrogens (tertiary/aromatic N) is 1. The number of benzene rings is 1. The average molecular weight is 347 g/mol. The lowest BCUT2D eigenvalue weighted by Crippen LogP contribution is -2.35. The Labute approximate surface area is 144 Å². The molecule has 1 aliphatic rings.